The molecule has 1 saturated carbocycles. The van der Waals surface area contributed by atoms with E-state index in [0.717, 1.165) is 61.6 Å². The number of rotatable bonds is 6. The minimum Gasteiger partial charge on any atom is -0.450 e. The first kappa shape index (κ1) is 22.9. The van der Waals surface area contributed by atoms with Crippen LogP contribution in [0.2, 0.25) is 5.02 Å². The second kappa shape index (κ2) is 9.39. The Labute approximate surface area is 203 Å². The number of likely N-dealkylation sites (tertiary alicyclic amines) is 1. The van der Waals surface area contributed by atoms with E-state index in [9.17, 15) is 9.59 Å². The van der Waals surface area contributed by atoms with Crippen LogP contribution in [0.25, 0.3) is 11.0 Å². The quantitative estimate of drug-likeness (QED) is 0.461. The number of carbonyl (C=O) groups excluding carboxylic acids is 2. The van der Waals surface area contributed by atoms with Gasteiger partial charge in [-0.1, -0.05) is 36.9 Å². The van der Waals surface area contributed by atoms with E-state index in [-0.39, 0.29) is 17.7 Å². The third kappa shape index (κ3) is 3.87. The van der Waals surface area contributed by atoms with Gasteiger partial charge in [0.1, 0.15) is 5.58 Å². The summed E-state index contributed by atoms with van der Waals surface area (Å²) in [6.45, 7) is 0.656. The number of nitrogens with one attached hydrogen (secondary N) is 2. The molecule has 2 fully saturated rings. The highest BCUT2D eigenvalue weighted by molar-refractivity contribution is 6.34. The van der Waals surface area contributed by atoms with Gasteiger partial charge in [-0.15, -0.1) is 0 Å². The summed E-state index contributed by atoms with van der Waals surface area (Å²) in [6, 6.07) is 9.25. The molecule has 2 aromatic heterocycles. The van der Waals surface area contributed by atoms with Gasteiger partial charge in [-0.3, -0.25) is 14.6 Å². The van der Waals surface area contributed by atoms with Crippen molar-refractivity contribution in [2.45, 2.75) is 56.5 Å². The highest BCUT2D eigenvalue weighted by Gasteiger charge is 2.39. The van der Waals surface area contributed by atoms with Crippen LogP contribution in [0.4, 0.5) is 5.69 Å². The topological polar surface area (TPSA) is 87.5 Å². The average Bonchev–Trinajstić information content (AvgIpc) is 3.52. The summed E-state index contributed by atoms with van der Waals surface area (Å²) in [5.74, 6) is 0.124. The van der Waals surface area contributed by atoms with Gasteiger partial charge in [0.2, 0.25) is 6.41 Å². The first-order valence-corrected chi connectivity index (χ1v) is 12.3. The van der Waals surface area contributed by atoms with Crippen molar-refractivity contribution in [3.63, 3.8) is 0 Å². The molecule has 0 radical (unpaired) electrons. The summed E-state index contributed by atoms with van der Waals surface area (Å²) in [5.41, 5.74) is 2.46. The molecule has 2 aliphatic rings. The summed E-state index contributed by atoms with van der Waals surface area (Å²) in [4.78, 5) is 31.4. The molecule has 1 atom stereocenters. The maximum absolute atomic E-state index is 13.6. The van der Waals surface area contributed by atoms with Crippen molar-refractivity contribution < 1.29 is 14.0 Å². The number of amides is 2. The van der Waals surface area contributed by atoms with E-state index in [1.165, 1.54) is 0 Å². The fraction of sp³-hybridized carbons (Fsp3) is 0.423. The van der Waals surface area contributed by atoms with E-state index in [1.807, 2.05) is 30.1 Å². The van der Waals surface area contributed by atoms with Gasteiger partial charge in [-0.05, 0) is 57.0 Å². The second-order valence-electron chi connectivity index (χ2n) is 9.20. The molecular weight excluding hydrogens is 452 g/mol. The molecule has 1 saturated heterocycles. The Morgan fingerprint density at radius 3 is 2.76 bits per heavy atom. The molecule has 8 heteroatoms. The molecule has 5 rings (SSSR count). The maximum atomic E-state index is 13.6. The predicted molar refractivity (Wildman–Crippen MR) is 132 cm³/mol. The Kier molecular flexibility index (Phi) is 6.32. The average molecular weight is 481 g/mol. The number of fused-ring (bicyclic) bond motifs is 1. The Balaban J connectivity index is 1.60. The highest BCUT2D eigenvalue weighted by Crippen LogP contribution is 2.47. The molecule has 3 heterocycles. The van der Waals surface area contributed by atoms with E-state index in [4.69, 9.17) is 16.0 Å². The summed E-state index contributed by atoms with van der Waals surface area (Å²) in [7, 11) is 1.93. The van der Waals surface area contributed by atoms with Crippen molar-refractivity contribution in [2.24, 2.45) is 0 Å². The Morgan fingerprint density at radius 1 is 1.24 bits per heavy atom. The molecule has 2 amide bonds. The van der Waals surface area contributed by atoms with Gasteiger partial charge in [0.05, 0.1) is 22.4 Å². The zero-order valence-electron chi connectivity index (χ0n) is 19.3. The van der Waals surface area contributed by atoms with Gasteiger partial charge in [0.25, 0.3) is 5.91 Å². The van der Waals surface area contributed by atoms with Gasteiger partial charge in [-0.25, -0.2) is 0 Å². The summed E-state index contributed by atoms with van der Waals surface area (Å²) in [6.07, 6.45) is 9.25. The van der Waals surface area contributed by atoms with Crippen molar-refractivity contribution in [3.05, 3.63) is 58.6 Å². The van der Waals surface area contributed by atoms with Crippen LogP contribution >= 0.6 is 11.6 Å². The number of aromatic nitrogens is 1. The third-order valence-electron chi connectivity index (χ3n) is 7.38. The lowest BCUT2D eigenvalue weighted by Crippen LogP contribution is -2.42. The van der Waals surface area contributed by atoms with Crippen LogP contribution in [0.1, 0.15) is 72.8 Å². The number of hydrogen-bond donors (Lipinski definition) is 2. The van der Waals surface area contributed by atoms with Crippen molar-refractivity contribution >= 4 is 40.6 Å². The minimum absolute atomic E-state index is 0.0701. The molecule has 1 unspecified atom stereocenters. The lowest BCUT2D eigenvalue weighted by Gasteiger charge is -2.39. The van der Waals surface area contributed by atoms with Gasteiger partial charge < -0.3 is 20.0 Å². The van der Waals surface area contributed by atoms with Gasteiger partial charge in [0.15, 0.2) is 5.76 Å². The zero-order chi connectivity index (χ0) is 23.7. The first-order valence-electron chi connectivity index (χ1n) is 12.0. The SMILES string of the molecule is CNC1(c2c(NC=O)c(Cl)cc3cc(C(=O)N4CCCC4c4ccccn4)oc23)CCCCC1. The molecule has 1 aromatic carbocycles. The third-order valence-corrected chi connectivity index (χ3v) is 7.68. The molecule has 2 N–H and O–H groups in total. The van der Waals surface area contributed by atoms with Crippen LogP contribution in [0.15, 0.2) is 40.9 Å². The number of nitrogens with zero attached hydrogens (tertiary/aromatic N) is 2. The van der Waals surface area contributed by atoms with Crippen LogP contribution in [0, 0.1) is 0 Å². The minimum atomic E-state index is -0.394. The van der Waals surface area contributed by atoms with Crippen molar-refractivity contribution in [2.75, 3.05) is 18.9 Å². The van der Waals surface area contributed by atoms with Gasteiger partial charge in [0, 0.05) is 29.2 Å². The predicted octanol–water partition coefficient (Wildman–Crippen LogP) is 5.41. The largest absolute Gasteiger partial charge is 0.450 e. The second-order valence-corrected chi connectivity index (χ2v) is 9.61. The normalized spacial score (nSPS) is 19.9. The lowest BCUT2D eigenvalue weighted by atomic mass is 9.75. The van der Waals surface area contributed by atoms with Crippen LogP contribution in [-0.2, 0) is 10.3 Å². The lowest BCUT2D eigenvalue weighted by molar-refractivity contribution is -0.105. The number of pyridine rings is 1. The van der Waals surface area contributed by atoms with Gasteiger partial charge in [-0.2, -0.15) is 0 Å². The molecule has 178 valence electrons. The number of anilines is 1. The molecular formula is C26H29ClN4O3. The molecule has 34 heavy (non-hydrogen) atoms. The number of halogens is 1. The van der Waals surface area contributed by atoms with E-state index >= 15 is 0 Å². The van der Waals surface area contributed by atoms with E-state index in [1.54, 1.807) is 18.3 Å². The smallest absolute Gasteiger partial charge is 0.290 e. The van der Waals surface area contributed by atoms with Crippen molar-refractivity contribution in [1.82, 2.24) is 15.2 Å². The summed E-state index contributed by atoms with van der Waals surface area (Å²) < 4.78 is 6.31. The monoisotopic (exact) mass is 480 g/mol. The standard InChI is InChI=1S/C26H29ClN4O3/c1-28-26(10-4-2-5-11-26)22-23(30-16-32)18(27)14-17-15-21(34-24(17)22)25(33)31-13-7-9-20(31)19-8-3-6-12-29-19/h3,6,8,12,14-16,20,28H,2,4-5,7,9-11,13H2,1H3,(H,30,32). The fourth-order valence-electron chi connectivity index (χ4n) is 5.72. The van der Waals surface area contributed by atoms with E-state index in [0.29, 0.717) is 29.2 Å². The number of hydrogen-bond acceptors (Lipinski definition) is 5. The highest BCUT2D eigenvalue weighted by atomic mass is 35.5. The molecule has 0 bridgehead atoms. The van der Waals surface area contributed by atoms with Crippen LogP contribution in [0.5, 0.6) is 0 Å². The number of benzene rings is 1. The van der Waals surface area contributed by atoms with E-state index in [2.05, 4.69) is 15.6 Å². The Morgan fingerprint density at radius 2 is 2.06 bits per heavy atom. The summed E-state index contributed by atoms with van der Waals surface area (Å²) >= 11 is 6.65. The van der Waals surface area contributed by atoms with Crippen LogP contribution in [-0.4, -0.2) is 35.8 Å². The molecule has 0 spiro atoms. The zero-order valence-corrected chi connectivity index (χ0v) is 20.0. The van der Waals surface area contributed by atoms with Crippen molar-refractivity contribution in [1.29, 1.82) is 0 Å². The molecule has 7 nitrogen and oxygen atoms in total. The van der Waals surface area contributed by atoms with Crippen LogP contribution < -0.4 is 10.6 Å². The molecule has 1 aliphatic carbocycles. The van der Waals surface area contributed by atoms with Gasteiger partial charge >= 0.3 is 0 Å². The Hall–Kier alpha value is -2.90. The summed E-state index contributed by atoms with van der Waals surface area (Å²) in [5, 5.41) is 7.49. The van der Waals surface area contributed by atoms with Crippen molar-refractivity contribution in [3.8, 4) is 0 Å². The molecule has 1 aliphatic heterocycles. The maximum Gasteiger partial charge on any atom is 0.290 e. The van der Waals surface area contributed by atoms with Crippen LogP contribution in [0.3, 0.4) is 0 Å². The number of carbonyl (C=O) groups is 2. The fourth-order valence-corrected chi connectivity index (χ4v) is 5.99. The first-order chi connectivity index (χ1) is 16.6. The van der Waals surface area contributed by atoms with E-state index < -0.39 is 5.54 Å². The number of furan rings is 1. The molecule has 3 aromatic rings. The Bertz CT molecular complexity index is 1200.